The average Bonchev–Trinajstić information content (AvgIpc) is 2.88. The van der Waals surface area contributed by atoms with Crippen molar-refractivity contribution in [2.45, 2.75) is 19.5 Å². The average molecular weight is 488 g/mol. The number of nitrogens with one attached hydrogen (secondary N) is 1. The van der Waals surface area contributed by atoms with E-state index in [-0.39, 0.29) is 11.6 Å². The van der Waals surface area contributed by atoms with Crippen LogP contribution < -0.4 is 10.9 Å². The predicted octanol–water partition coefficient (Wildman–Crippen LogP) is 5.97. The van der Waals surface area contributed by atoms with Gasteiger partial charge in [-0.15, -0.1) is 0 Å². The van der Waals surface area contributed by atoms with Gasteiger partial charge in [0.05, 0.1) is 28.0 Å². The number of hydrogen-bond donors (Lipinski definition) is 1. The highest BCUT2D eigenvalue weighted by Crippen LogP contribution is 2.33. The van der Waals surface area contributed by atoms with Gasteiger partial charge in [-0.2, -0.15) is 13.2 Å². The number of alkyl halides is 3. The quantitative estimate of drug-likeness (QED) is 0.316. The van der Waals surface area contributed by atoms with Crippen molar-refractivity contribution in [3.05, 3.63) is 95.0 Å². The summed E-state index contributed by atoms with van der Waals surface area (Å²) in [7, 11) is 0. The highest BCUT2D eigenvalue weighted by Gasteiger charge is 2.30. The molecule has 0 aliphatic heterocycles. The normalized spacial score (nSPS) is 11.7. The van der Waals surface area contributed by atoms with Crippen LogP contribution in [0.3, 0.4) is 0 Å². The molecule has 1 N–H and O–H groups in total. The van der Waals surface area contributed by atoms with E-state index in [4.69, 9.17) is 0 Å². The molecule has 5 rings (SSSR count). The molecule has 0 aliphatic rings. The smallest absolute Gasteiger partial charge is 0.324 e. The summed E-state index contributed by atoms with van der Waals surface area (Å²) in [6.45, 7) is 1.74. The maximum Gasteiger partial charge on any atom is 0.416 e. The number of anilines is 1. The van der Waals surface area contributed by atoms with E-state index >= 15 is 0 Å². The van der Waals surface area contributed by atoms with Crippen molar-refractivity contribution in [3.8, 4) is 16.9 Å². The highest BCUT2D eigenvalue weighted by atomic mass is 19.4. The van der Waals surface area contributed by atoms with Crippen molar-refractivity contribution in [3.63, 3.8) is 0 Å². The molecule has 0 bridgehead atoms. The minimum Gasteiger partial charge on any atom is -0.324 e. The predicted molar refractivity (Wildman–Crippen MR) is 132 cm³/mol. The van der Waals surface area contributed by atoms with Gasteiger partial charge >= 0.3 is 6.18 Å². The Bertz CT molecular complexity index is 1690. The Kier molecular flexibility index (Phi) is 5.75. The molecule has 36 heavy (non-hydrogen) atoms. The topological polar surface area (TPSA) is 76.9 Å². The minimum atomic E-state index is -4.56. The Balaban J connectivity index is 1.79. The van der Waals surface area contributed by atoms with Crippen LogP contribution >= 0.6 is 0 Å². The number of halogens is 3. The van der Waals surface area contributed by atoms with Crippen molar-refractivity contribution in [2.24, 2.45) is 0 Å². The molecule has 9 heteroatoms. The lowest BCUT2D eigenvalue weighted by Crippen LogP contribution is -2.18. The van der Waals surface area contributed by atoms with Crippen LogP contribution in [0.2, 0.25) is 0 Å². The first-order valence-electron chi connectivity index (χ1n) is 11.1. The lowest BCUT2D eigenvalue weighted by molar-refractivity contribution is -0.137. The number of aromatic nitrogens is 3. The second-order valence-corrected chi connectivity index (χ2v) is 8.15. The molecule has 6 nitrogen and oxygen atoms in total. The van der Waals surface area contributed by atoms with Gasteiger partial charge in [0.25, 0.3) is 5.56 Å². The van der Waals surface area contributed by atoms with Gasteiger partial charge in [0.2, 0.25) is 5.91 Å². The fourth-order valence-corrected chi connectivity index (χ4v) is 4.11. The number of carbonyl (C=O) groups excluding carboxylic acids is 1. The van der Waals surface area contributed by atoms with Crippen molar-refractivity contribution in [1.82, 2.24) is 14.5 Å². The van der Waals surface area contributed by atoms with Gasteiger partial charge in [-0.3, -0.25) is 24.1 Å². The molecule has 0 aliphatic carbocycles. The second-order valence-electron chi connectivity index (χ2n) is 8.15. The van der Waals surface area contributed by atoms with Crippen LogP contribution in [-0.4, -0.2) is 20.4 Å². The lowest BCUT2D eigenvalue weighted by atomic mass is 10.0. The van der Waals surface area contributed by atoms with E-state index in [1.165, 1.54) is 22.8 Å². The molecule has 0 saturated carbocycles. The first-order chi connectivity index (χ1) is 17.3. The molecule has 0 saturated heterocycles. The number of nitrogens with zero attached hydrogens (tertiary/aromatic N) is 3. The first-order valence-corrected chi connectivity index (χ1v) is 11.1. The molecular formula is C27H19F3N4O2. The van der Waals surface area contributed by atoms with E-state index < -0.39 is 17.3 Å². The first kappa shape index (κ1) is 23.2. The third-order valence-electron chi connectivity index (χ3n) is 5.83. The highest BCUT2D eigenvalue weighted by molar-refractivity contribution is 6.06. The molecule has 2 aromatic carbocycles. The van der Waals surface area contributed by atoms with Gasteiger partial charge in [0, 0.05) is 46.9 Å². The van der Waals surface area contributed by atoms with Crippen molar-refractivity contribution < 1.29 is 18.0 Å². The molecule has 0 unspecified atom stereocenters. The Hall–Kier alpha value is -4.53. The minimum absolute atomic E-state index is 0.0899. The van der Waals surface area contributed by atoms with Gasteiger partial charge in [-0.05, 0) is 48.5 Å². The molecule has 0 radical (unpaired) electrons. The molecule has 0 fully saturated rings. The number of amides is 1. The third-order valence-corrected chi connectivity index (χ3v) is 5.83. The summed E-state index contributed by atoms with van der Waals surface area (Å²) >= 11 is 0. The van der Waals surface area contributed by atoms with Crippen LogP contribution in [-0.2, 0) is 11.0 Å². The van der Waals surface area contributed by atoms with Crippen LogP contribution in [0.1, 0.15) is 18.9 Å². The molecule has 1 amide bonds. The Labute approximate surface area is 203 Å². The summed E-state index contributed by atoms with van der Waals surface area (Å²) < 4.78 is 41.5. The summed E-state index contributed by atoms with van der Waals surface area (Å²) in [5, 5.41) is 3.97. The summed E-state index contributed by atoms with van der Waals surface area (Å²) in [6.07, 6.45) is -1.08. The second kappa shape index (κ2) is 8.92. The Morgan fingerprint density at radius 1 is 1.00 bits per heavy atom. The summed E-state index contributed by atoms with van der Waals surface area (Å²) in [6, 6.07) is 16.3. The summed E-state index contributed by atoms with van der Waals surface area (Å²) in [5.74, 6) is -0.171. The number of hydrogen-bond acceptors (Lipinski definition) is 4. The van der Waals surface area contributed by atoms with Gasteiger partial charge < -0.3 is 5.32 Å². The zero-order chi connectivity index (χ0) is 25.4. The van der Waals surface area contributed by atoms with Crippen molar-refractivity contribution in [1.29, 1.82) is 0 Å². The molecule has 3 heterocycles. The van der Waals surface area contributed by atoms with Crippen LogP contribution in [0.25, 0.3) is 38.8 Å². The van der Waals surface area contributed by atoms with E-state index in [1.807, 2.05) is 0 Å². The maximum absolute atomic E-state index is 13.4. The fraction of sp³-hybridized carbons (Fsp3) is 0.111. The van der Waals surface area contributed by atoms with Crippen molar-refractivity contribution >= 4 is 33.4 Å². The molecule has 0 atom stereocenters. The largest absolute Gasteiger partial charge is 0.416 e. The van der Waals surface area contributed by atoms with E-state index in [1.54, 1.807) is 55.7 Å². The van der Waals surface area contributed by atoms with Gasteiger partial charge in [-0.25, -0.2) is 0 Å². The zero-order valence-corrected chi connectivity index (χ0v) is 19.0. The van der Waals surface area contributed by atoms with Gasteiger partial charge in [-0.1, -0.05) is 19.1 Å². The molecule has 180 valence electrons. The van der Waals surface area contributed by atoms with Crippen LogP contribution in [0.5, 0.6) is 0 Å². The number of carbonyl (C=O) groups is 1. The number of fused-ring (bicyclic) bond motifs is 3. The number of rotatable bonds is 4. The van der Waals surface area contributed by atoms with Gasteiger partial charge in [0.15, 0.2) is 0 Å². The SMILES string of the molecule is CCC(=O)Nc1cccnc1-c1ccc2ncc3ccc(=O)n(-c4cccc(C(F)(F)F)c4)c3c2c1. The monoisotopic (exact) mass is 488 g/mol. The standard InChI is InChI=1S/C27H19F3N4O2/c1-2-23(35)33-22-7-4-12-31-25(22)16-8-10-21-20(13-16)26-17(15-32-21)9-11-24(36)34(26)19-6-3-5-18(14-19)27(28,29)30/h3-15H,2H2,1H3,(H,33,35). The number of pyridine rings is 3. The van der Waals surface area contributed by atoms with Crippen LogP contribution in [0.15, 0.2) is 83.9 Å². The van der Waals surface area contributed by atoms with Gasteiger partial charge in [0.1, 0.15) is 0 Å². The Morgan fingerprint density at radius 2 is 1.83 bits per heavy atom. The van der Waals surface area contributed by atoms with E-state index in [0.717, 1.165) is 12.1 Å². The maximum atomic E-state index is 13.4. The fourth-order valence-electron chi connectivity index (χ4n) is 4.11. The summed E-state index contributed by atoms with van der Waals surface area (Å²) in [4.78, 5) is 33.9. The summed E-state index contributed by atoms with van der Waals surface area (Å²) in [5.41, 5.74) is 1.41. The molecular weight excluding hydrogens is 469 g/mol. The molecule has 3 aromatic heterocycles. The number of benzene rings is 2. The van der Waals surface area contributed by atoms with E-state index in [0.29, 0.717) is 45.2 Å². The lowest BCUT2D eigenvalue weighted by Gasteiger charge is -2.15. The van der Waals surface area contributed by atoms with E-state index in [9.17, 15) is 22.8 Å². The van der Waals surface area contributed by atoms with Crippen molar-refractivity contribution in [2.75, 3.05) is 5.32 Å². The molecule has 0 spiro atoms. The molecule has 5 aromatic rings. The van der Waals surface area contributed by atoms with E-state index in [2.05, 4.69) is 15.3 Å². The Morgan fingerprint density at radius 3 is 2.61 bits per heavy atom. The zero-order valence-electron chi connectivity index (χ0n) is 19.0. The van der Waals surface area contributed by atoms with Crippen LogP contribution in [0.4, 0.5) is 18.9 Å². The third kappa shape index (κ3) is 4.19. The van der Waals surface area contributed by atoms with Crippen LogP contribution in [0, 0.1) is 0 Å².